The number of hydrogen-bond acceptors (Lipinski definition) is 6. The largest absolute Gasteiger partial charge is 0.388 e. The van der Waals surface area contributed by atoms with Crippen molar-refractivity contribution in [3.8, 4) is 11.3 Å². The molecule has 3 aromatic heterocycles. The van der Waals surface area contributed by atoms with Gasteiger partial charge >= 0.3 is 0 Å². The number of halogens is 2. The fraction of sp³-hybridized carbons (Fsp3) is 0.391. The summed E-state index contributed by atoms with van der Waals surface area (Å²) in [5.41, 5.74) is 1.68. The maximum atomic E-state index is 15.5. The molecule has 4 aromatic rings. The number of aromatic amines is 1. The third-order valence-corrected chi connectivity index (χ3v) is 6.28. The maximum absolute atomic E-state index is 15.5. The Morgan fingerprint density at radius 3 is 2.82 bits per heavy atom. The third kappa shape index (κ3) is 4.36. The predicted molar refractivity (Wildman–Crippen MR) is 125 cm³/mol. The third-order valence-electron chi connectivity index (χ3n) is 5.92. The quantitative estimate of drug-likeness (QED) is 0.363. The molecule has 6 rings (SSSR count). The van der Waals surface area contributed by atoms with Gasteiger partial charge in [-0.1, -0.05) is 30.9 Å². The number of hydrogen-bond donors (Lipinski definition) is 3. The molecule has 0 radical (unpaired) electrons. The molecule has 3 N–H and O–H groups in total. The van der Waals surface area contributed by atoms with Crippen LogP contribution in [-0.4, -0.2) is 49.3 Å². The van der Waals surface area contributed by atoms with E-state index in [1.165, 1.54) is 31.7 Å². The molecule has 2 atom stereocenters. The molecule has 9 nitrogen and oxygen atoms in total. The van der Waals surface area contributed by atoms with Gasteiger partial charge in [0.15, 0.2) is 11.5 Å². The zero-order valence-corrected chi connectivity index (χ0v) is 19.1. The van der Waals surface area contributed by atoms with Crippen LogP contribution in [0.25, 0.3) is 27.8 Å². The van der Waals surface area contributed by atoms with E-state index in [-0.39, 0.29) is 16.5 Å². The van der Waals surface area contributed by atoms with Crippen molar-refractivity contribution in [2.75, 3.05) is 18.5 Å². The van der Waals surface area contributed by atoms with E-state index in [1.807, 2.05) is 0 Å². The van der Waals surface area contributed by atoms with Crippen molar-refractivity contribution >= 4 is 40.4 Å². The van der Waals surface area contributed by atoms with Crippen LogP contribution in [0.4, 0.5) is 10.2 Å². The van der Waals surface area contributed by atoms with Gasteiger partial charge in [-0.25, -0.2) is 9.37 Å². The first-order valence-electron chi connectivity index (χ1n) is 11.2. The number of rotatable bonds is 5. The van der Waals surface area contributed by atoms with Crippen molar-refractivity contribution in [3.05, 3.63) is 41.2 Å². The molecule has 1 aliphatic carbocycles. The molecule has 1 aromatic carbocycles. The fourth-order valence-electron chi connectivity index (χ4n) is 4.07. The van der Waals surface area contributed by atoms with Crippen LogP contribution in [0.3, 0.4) is 0 Å². The molecule has 1 saturated carbocycles. The van der Waals surface area contributed by atoms with Crippen LogP contribution < -0.4 is 5.32 Å². The minimum absolute atomic E-state index is 0.0814. The fourth-order valence-corrected chi connectivity index (χ4v) is 4.37. The van der Waals surface area contributed by atoms with Gasteiger partial charge in [0.2, 0.25) is 6.41 Å². The van der Waals surface area contributed by atoms with Crippen molar-refractivity contribution in [3.63, 3.8) is 0 Å². The SMILES string of the molecule is C1CC1.O=CNc1cn2cc(-c3c(Cl)c(F)c(C(O)C4CCCOC4)c4[nH]ncc34)ncc2n1. The topological polar surface area (TPSA) is 117 Å². The highest BCUT2D eigenvalue weighted by Crippen LogP contribution is 2.42. The molecule has 0 bridgehead atoms. The number of nitrogens with zero attached hydrogens (tertiary/aromatic N) is 4. The number of imidazole rings is 1. The van der Waals surface area contributed by atoms with Crippen LogP contribution in [-0.2, 0) is 9.53 Å². The second-order valence-corrected chi connectivity index (χ2v) is 8.86. The van der Waals surface area contributed by atoms with E-state index >= 15 is 4.39 Å². The monoisotopic (exact) mass is 486 g/mol. The molecule has 178 valence electrons. The van der Waals surface area contributed by atoms with Gasteiger partial charge in [-0.15, -0.1) is 0 Å². The summed E-state index contributed by atoms with van der Waals surface area (Å²) in [6.07, 6.45) is 11.7. The number of carbonyl (C=O) groups is 1. The summed E-state index contributed by atoms with van der Waals surface area (Å²) in [6.45, 7) is 0.989. The van der Waals surface area contributed by atoms with E-state index in [0.717, 1.165) is 12.8 Å². The number of fused-ring (bicyclic) bond motifs is 2. The van der Waals surface area contributed by atoms with Crippen LogP contribution in [0, 0.1) is 11.7 Å². The Balaban J connectivity index is 0.000000745. The van der Waals surface area contributed by atoms with E-state index in [1.54, 1.807) is 16.8 Å². The van der Waals surface area contributed by atoms with Gasteiger partial charge in [0.05, 0.1) is 47.5 Å². The maximum Gasteiger partial charge on any atom is 0.212 e. The number of nitrogens with one attached hydrogen (secondary N) is 2. The van der Waals surface area contributed by atoms with Gasteiger partial charge in [-0.05, 0) is 12.8 Å². The molecule has 4 heterocycles. The minimum atomic E-state index is -1.09. The Bertz CT molecular complexity index is 1330. The van der Waals surface area contributed by atoms with Gasteiger partial charge in [0.25, 0.3) is 0 Å². The summed E-state index contributed by atoms with van der Waals surface area (Å²) in [7, 11) is 0. The number of anilines is 1. The molecule has 0 spiro atoms. The van der Waals surface area contributed by atoms with Crippen molar-refractivity contribution in [2.45, 2.75) is 38.2 Å². The lowest BCUT2D eigenvalue weighted by Crippen LogP contribution is -2.24. The van der Waals surface area contributed by atoms with Crippen molar-refractivity contribution < 1.29 is 19.0 Å². The molecule has 1 saturated heterocycles. The summed E-state index contributed by atoms with van der Waals surface area (Å²) in [5.74, 6) is -0.601. The Morgan fingerprint density at radius 2 is 2.12 bits per heavy atom. The Labute approximate surface area is 199 Å². The molecule has 1 amide bonds. The Morgan fingerprint density at radius 1 is 1.29 bits per heavy atom. The average molecular weight is 487 g/mol. The van der Waals surface area contributed by atoms with E-state index < -0.39 is 11.9 Å². The number of H-pyrrole nitrogens is 1. The first-order valence-corrected chi connectivity index (χ1v) is 11.6. The average Bonchev–Trinajstić information content (AvgIpc) is 3.57. The zero-order valence-electron chi connectivity index (χ0n) is 18.3. The molecule has 34 heavy (non-hydrogen) atoms. The highest BCUT2D eigenvalue weighted by Gasteiger charge is 2.31. The lowest BCUT2D eigenvalue weighted by molar-refractivity contribution is -0.105. The predicted octanol–water partition coefficient (Wildman–Crippen LogP) is 4.26. The van der Waals surface area contributed by atoms with E-state index in [4.69, 9.17) is 16.3 Å². The van der Waals surface area contributed by atoms with Crippen LogP contribution in [0.15, 0.2) is 24.8 Å². The number of amides is 1. The molecule has 2 fully saturated rings. The molecule has 11 heteroatoms. The van der Waals surface area contributed by atoms with E-state index in [9.17, 15) is 9.90 Å². The summed E-state index contributed by atoms with van der Waals surface area (Å²) in [5, 5.41) is 20.6. The van der Waals surface area contributed by atoms with E-state index in [2.05, 4.69) is 25.5 Å². The summed E-state index contributed by atoms with van der Waals surface area (Å²) < 4.78 is 22.6. The number of aliphatic hydroxyl groups excluding tert-OH is 1. The molecular formula is C23H24ClFN6O3. The summed E-state index contributed by atoms with van der Waals surface area (Å²) >= 11 is 6.48. The van der Waals surface area contributed by atoms with Gasteiger partial charge in [-0.2, -0.15) is 5.10 Å². The smallest absolute Gasteiger partial charge is 0.212 e. The van der Waals surface area contributed by atoms with Crippen LogP contribution in [0.5, 0.6) is 0 Å². The van der Waals surface area contributed by atoms with Crippen LogP contribution in [0.2, 0.25) is 5.02 Å². The van der Waals surface area contributed by atoms with Crippen molar-refractivity contribution in [1.82, 2.24) is 24.6 Å². The summed E-state index contributed by atoms with van der Waals surface area (Å²) in [4.78, 5) is 19.2. The van der Waals surface area contributed by atoms with Crippen LogP contribution in [0.1, 0.15) is 43.8 Å². The number of benzene rings is 1. The minimum Gasteiger partial charge on any atom is -0.388 e. The Kier molecular flexibility index (Phi) is 6.44. The highest BCUT2D eigenvalue weighted by atomic mass is 35.5. The van der Waals surface area contributed by atoms with Gasteiger partial charge < -0.3 is 19.6 Å². The summed E-state index contributed by atoms with van der Waals surface area (Å²) in [6, 6.07) is 0. The standard InChI is InChI=1S/C20H18ClFN6O3.C3H6/c21-17-15(12-6-28-7-13(24-9-29)26-14(28)5-23-12)11-4-25-27-19(11)16(18(17)22)20(30)10-2-1-3-31-8-10;1-2-3-1/h4-7,9-10,20,30H,1-3,8H2,(H,24,29)(H,25,27);1-3H2. The molecule has 2 unspecified atom stereocenters. The first-order chi connectivity index (χ1) is 16.6. The van der Waals surface area contributed by atoms with Crippen LogP contribution >= 0.6 is 11.6 Å². The van der Waals surface area contributed by atoms with Crippen molar-refractivity contribution in [2.24, 2.45) is 5.92 Å². The highest BCUT2D eigenvalue weighted by molar-refractivity contribution is 6.35. The molecule has 1 aliphatic heterocycles. The van der Waals surface area contributed by atoms with Gasteiger partial charge in [-0.3, -0.25) is 14.9 Å². The van der Waals surface area contributed by atoms with E-state index in [0.29, 0.717) is 53.2 Å². The number of ether oxygens (including phenoxy) is 1. The zero-order chi connectivity index (χ0) is 23.7. The number of aromatic nitrogens is 5. The number of aliphatic hydroxyl groups is 1. The van der Waals surface area contributed by atoms with Crippen molar-refractivity contribution in [1.29, 1.82) is 0 Å². The first kappa shape index (κ1) is 22.7. The second kappa shape index (κ2) is 9.65. The van der Waals surface area contributed by atoms with Gasteiger partial charge in [0, 0.05) is 35.2 Å². The molecular weight excluding hydrogens is 463 g/mol. The second-order valence-electron chi connectivity index (χ2n) is 8.48. The normalized spacial score (nSPS) is 18.4. The molecule has 2 aliphatic rings. The lowest BCUT2D eigenvalue weighted by atomic mass is 9.88. The van der Waals surface area contributed by atoms with Gasteiger partial charge in [0.1, 0.15) is 5.82 Å². The number of carbonyl (C=O) groups excluding carboxylic acids is 1. The lowest BCUT2D eigenvalue weighted by Gasteiger charge is -2.28. The Hall–Kier alpha value is -3.08.